The number of alkyl halides is 3. The van der Waals surface area contributed by atoms with Gasteiger partial charge in [-0.3, -0.25) is 4.79 Å². The molecule has 2 fully saturated rings. The molecule has 8 heteroatoms. The Hall–Kier alpha value is -3.52. The Labute approximate surface area is 218 Å². The molecule has 3 aromatic rings. The zero-order valence-electron chi connectivity index (χ0n) is 20.3. The fraction of sp³-hybridized carbons (Fsp3) is 0.276. The van der Waals surface area contributed by atoms with Crippen LogP contribution in [0.1, 0.15) is 40.1 Å². The molecule has 1 saturated carbocycles. The fourth-order valence-electron chi connectivity index (χ4n) is 4.69. The molecule has 0 atom stereocenters. The highest BCUT2D eigenvalue weighted by Gasteiger charge is 2.30. The number of para-hydroxylation sites is 1. The molecule has 0 unspecified atom stereocenters. The van der Waals surface area contributed by atoms with Gasteiger partial charge in [-0.2, -0.15) is 13.2 Å². The van der Waals surface area contributed by atoms with Crippen molar-refractivity contribution in [2.24, 2.45) is 0 Å². The quantitative estimate of drug-likeness (QED) is 0.386. The van der Waals surface area contributed by atoms with Crippen molar-refractivity contribution in [2.45, 2.75) is 25.4 Å². The summed E-state index contributed by atoms with van der Waals surface area (Å²) in [4.78, 5) is 18.4. The van der Waals surface area contributed by atoms with Gasteiger partial charge in [0.25, 0.3) is 5.91 Å². The van der Waals surface area contributed by atoms with Gasteiger partial charge in [0, 0.05) is 31.9 Å². The van der Waals surface area contributed by atoms with Gasteiger partial charge in [-0.1, -0.05) is 36.4 Å². The maximum absolute atomic E-state index is 13.1. The van der Waals surface area contributed by atoms with Crippen molar-refractivity contribution in [3.63, 3.8) is 0 Å². The predicted molar refractivity (Wildman–Crippen MR) is 142 cm³/mol. The van der Waals surface area contributed by atoms with Crippen LogP contribution in [0.15, 0.2) is 89.1 Å². The first-order valence-electron chi connectivity index (χ1n) is 12.4. The van der Waals surface area contributed by atoms with E-state index in [9.17, 15) is 18.0 Å². The van der Waals surface area contributed by atoms with Crippen LogP contribution in [-0.4, -0.2) is 37.0 Å². The molecular formula is C29H28F3N3OS. The lowest BCUT2D eigenvalue weighted by molar-refractivity contribution is -0.137. The highest BCUT2D eigenvalue weighted by atomic mass is 32.1. The van der Waals surface area contributed by atoms with Gasteiger partial charge < -0.3 is 15.1 Å². The van der Waals surface area contributed by atoms with E-state index in [0.29, 0.717) is 16.1 Å². The van der Waals surface area contributed by atoms with Crippen LogP contribution < -0.4 is 10.2 Å². The topological polar surface area (TPSA) is 35.6 Å². The molecule has 0 spiro atoms. The van der Waals surface area contributed by atoms with E-state index in [4.69, 9.17) is 0 Å². The average Bonchev–Trinajstić information content (AvgIpc) is 3.42. The molecule has 5 rings (SSSR count). The van der Waals surface area contributed by atoms with Crippen LogP contribution in [0.2, 0.25) is 0 Å². The Kier molecular flexibility index (Phi) is 7.37. The Morgan fingerprint density at radius 3 is 2.16 bits per heavy atom. The number of thiophene rings is 1. The molecule has 1 aliphatic heterocycles. The van der Waals surface area contributed by atoms with E-state index in [0.717, 1.165) is 63.3 Å². The van der Waals surface area contributed by atoms with Crippen LogP contribution in [0.5, 0.6) is 0 Å². The molecule has 1 saturated heterocycles. The first-order chi connectivity index (χ1) is 17.9. The molecule has 2 aromatic carbocycles. The second kappa shape index (κ2) is 10.8. The second-order valence-electron chi connectivity index (χ2n) is 9.22. The van der Waals surface area contributed by atoms with E-state index < -0.39 is 11.7 Å². The number of halogens is 3. The molecule has 2 aliphatic rings. The maximum atomic E-state index is 13.1. The average molecular weight is 524 g/mol. The summed E-state index contributed by atoms with van der Waals surface area (Å²) in [7, 11) is 0. The van der Waals surface area contributed by atoms with E-state index in [1.807, 2.05) is 29.6 Å². The van der Waals surface area contributed by atoms with Crippen LogP contribution >= 0.6 is 11.3 Å². The Balaban J connectivity index is 1.45. The monoisotopic (exact) mass is 523 g/mol. The van der Waals surface area contributed by atoms with Gasteiger partial charge in [0.2, 0.25) is 0 Å². The number of rotatable bonds is 6. The van der Waals surface area contributed by atoms with Crippen LogP contribution in [0.3, 0.4) is 0 Å². The largest absolute Gasteiger partial charge is 0.416 e. The van der Waals surface area contributed by atoms with Gasteiger partial charge in [-0.05, 0) is 72.2 Å². The van der Waals surface area contributed by atoms with Crippen LogP contribution in [0, 0.1) is 0 Å². The number of anilines is 1. The molecule has 37 heavy (non-hydrogen) atoms. The van der Waals surface area contributed by atoms with Crippen LogP contribution in [0.25, 0.3) is 6.08 Å². The fourth-order valence-corrected chi connectivity index (χ4v) is 5.31. The van der Waals surface area contributed by atoms with Crippen molar-refractivity contribution < 1.29 is 18.0 Å². The lowest BCUT2D eigenvalue weighted by Crippen LogP contribution is -2.47. The summed E-state index contributed by atoms with van der Waals surface area (Å²) < 4.78 is 39.3. The zero-order valence-corrected chi connectivity index (χ0v) is 21.1. The van der Waals surface area contributed by atoms with E-state index in [1.165, 1.54) is 34.7 Å². The Morgan fingerprint density at radius 2 is 1.59 bits per heavy atom. The number of nitrogens with one attached hydrogen (secondary N) is 1. The highest BCUT2D eigenvalue weighted by molar-refractivity contribution is 7.12. The number of carbonyl (C=O) groups excluding carboxylic acids is 1. The van der Waals surface area contributed by atoms with E-state index in [1.54, 1.807) is 12.1 Å². The third-order valence-corrected chi connectivity index (χ3v) is 7.68. The van der Waals surface area contributed by atoms with Crippen molar-refractivity contribution in [3.05, 3.63) is 105 Å². The maximum Gasteiger partial charge on any atom is 0.416 e. The third kappa shape index (κ3) is 5.91. The second-order valence-corrected chi connectivity index (χ2v) is 10.2. The zero-order chi connectivity index (χ0) is 25.8. The van der Waals surface area contributed by atoms with Crippen LogP contribution in [-0.2, 0) is 6.18 Å². The first-order valence-corrected chi connectivity index (χ1v) is 13.3. The summed E-state index contributed by atoms with van der Waals surface area (Å²) in [5.41, 5.74) is 4.02. The number of hydrogen-bond donors (Lipinski definition) is 1. The summed E-state index contributed by atoms with van der Waals surface area (Å²) in [6.07, 6.45) is 0.405. The van der Waals surface area contributed by atoms with Crippen molar-refractivity contribution in [2.75, 3.05) is 31.1 Å². The molecule has 1 aromatic heterocycles. The standard InChI is InChI=1S/C29H28F3N3OS/c30-29(31,32)23-13-11-21(12-14-23)20-25(33-28(36)26-10-5-19-37-26)27(22-6-4-7-22)35-17-15-34(16-18-35)24-8-2-1-3-9-24/h1-3,5,8-14,19-20H,4,6-7,15-18H2,(H,33,36)/b25-20-. The van der Waals surface area contributed by atoms with Gasteiger partial charge in [0.05, 0.1) is 21.8 Å². The van der Waals surface area contributed by atoms with Gasteiger partial charge >= 0.3 is 6.18 Å². The summed E-state index contributed by atoms with van der Waals surface area (Å²) >= 11 is 1.36. The summed E-state index contributed by atoms with van der Waals surface area (Å²) in [5.74, 6) is -0.214. The molecule has 0 radical (unpaired) electrons. The lowest BCUT2D eigenvalue weighted by Gasteiger charge is -2.41. The highest BCUT2D eigenvalue weighted by Crippen LogP contribution is 2.35. The van der Waals surface area contributed by atoms with Gasteiger partial charge in [-0.25, -0.2) is 0 Å². The minimum absolute atomic E-state index is 0.214. The molecule has 1 amide bonds. The van der Waals surface area contributed by atoms with Crippen molar-refractivity contribution >= 4 is 29.0 Å². The van der Waals surface area contributed by atoms with Crippen molar-refractivity contribution in [1.82, 2.24) is 10.2 Å². The summed E-state index contributed by atoms with van der Waals surface area (Å²) in [6.45, 7) is 3.25. The summed E-state index contributed by atoms with van der Waals surface area (Å²) in [5, 5.41) is 4.95. The SMILES string of the molecule is O=C(N/C(=C\c1ccc(C(F)(F)F)cc1)C(=C1CCC1)N1CCN(c2ccccc2)CC1)c1cccs1. The number of hydrogen-bond acceptors (Lipinski definition) is 4. The van der Waals surface area contributed by atoms with Gasteiger partial charge in [0.15, 0.2) is 0 Å². The van der Waals surface area contributed by atoms with Crippen molar-refractivity contribution in [3.8, 4) is 0 Å². The molecule has 4 nitrogen and oxygen atoms in total. The van der Waals surface area contributed by atoms with Gasteiger partial charge in [-0.15, -0.1) is 11.3 Å². The number of carbonyl (C=O) groups is 1. The number of piperazine rings is 1. The number of benzene rings is 2. The minimum atomic E-state index is -4.39. The number of allylic oxidation sites excluding steroid dienone is 1. The normalized spacial score (nSPS) is 16.4. The number of amides is 1. The molecule has 192 valence electrons. The first kappa shape index (κ1) is 25.1. The molecule has 1 N–H and O–H groups in total. The molecule has 1 aliphatic carbocycles. The van der Waals surface area contributed by atoms with E-state index >= 15 is 0 Å². The molecule has 0 bridgehead atoms. The van der Waals surface area contributed by atoms with Gasteiger partial charge in [0.1, 0.15) is 0 Å². The Bertz CT molecular complexity index is 1270. The smallest absolute Gasteiger partial charge is 0.368 e. The van der Waals surface area contributed by atoms with E-state index in [2.05, 4.69) is 27.2 Å². The Morgan fingerprint density at radius 1 is 0.892 bits per heavy atom. The lowest BCUT2D eigenvalue weighted by atomic mass is 9.88. The van der Waals surface area contributed by atoms with Crippen molar-refractivity contribution in [1.29, 1.82) is 0 Å². The van der Waals surface area contributed by atoms with E-state index in [-0.39, 0.29) is 5.91 Å². The number of nitrogens with zero attached hydrogens (tertiary/aromatic N) is 2. The summed E-state index contributed by atoms with van der Waals surface area (Å²) in [6, 6.07) is 19.0. The third-order valence-electron chi connectivity index (χ3n) is 6.81. The molecular weight excluding hydrogens is 495 g/mol. The van der Waals surface area contributed by atoms with Crippen LogP contribution in [0.4, 0.5) is 18.9 Å². The predicted octanol–water partition coefficient (Wildman–Crippen LogP) is 6.80. The molecule has 2 heterocycles. The minimum Gasteiger partial charge on any atom is -0.368 e.